The molecule has 1 aromatic rings. The van der Waals surface area contributed by atoms with Crippen molar-refractivity contribution in [3.63, 3.8) is 0 Å². The van der Waals surface area contributed by atoms with Gasteiger partial charge in [-0.25, -0.2) is 8.42 Å². The summed E-state index contributed by atoms with van der Waals surface area (Å²) < 4.78 is 28.2. The smallest absolute Gasteiger partial charge is 0.243 e. The van der Waals surface area contributed by atoms with Crippen LogP contribution in [0.25, 0.3) is 0 Å². The van der Waals surface area contributed by atoms with Gasteiger partial charge in [-0.2, -0.15) is 4.72 Å². The van der Waals surface area contributed by atoms with E-state index in [1.165, 1.54) is 11.0 Å². The fourth-order valence-electron chi connectivity index (χ4n) is 3.36. The molecule has 1 aromatic carbocycles. The van der Waals surface area contributed by atoms with E-state index in [1.807, 2.05) is 7.05 Å². The molecule has 27 heavy (non-hydrogen) atoms. The van der Waals surface area contributed by atoms with E-state index in [4.69, 9.17) is 0 Å². The second kappa shape index (κ2) is 7.95. The van der Waals surface area contributed by atoms with Gasteiger partial charge in [0, 0.05) is 39.1 Å². The Kier molecular flexibility index (Phi) is 5.83. The number of likely N-dealkylation sites (N-methyl/N-ethyl adjacent to an activating group) is 1. The number of hydrogen-bond donors (Lipinski definition) is 1. The fourth-order valence-corrected chi connectivity index (χ4v) is 4.67. The molecule has 2 aliphatic rings. The molecule has 0 bridgehead atoms. The SMILES string of the molecule is [CH2][C@H](NS(=O)(=O)c1ccccc1N1CCCC1=O)C(=O)N1CCN(C)CC1. The van der Waals surface area contributed by atoms with Gasteiger partial charge in [-0.15, -0.1) is 0 Å². The van der Waals surface area contributed by atoms with Gasteiger partial charge in [0.05, 0.1) is 5.69 Å². The van der Waals surface area contributed by atoms with Crippen LogP contribution in [0.5, 0.6) is 0 Å². The number of carbonyl (C=O) groups excluding carboxylic acids is 2. The maximum atomic E-state index is 12.9. The van der Waals surface area contributed by atoms with Crippen LogP contribution in [0.3, 0.4) is 0 Å². The van der Waals surface area contributed by atoms with Crippen LogP contribution in [0, 0.1) is 6.92 Å². The first-order valence-electron chi connectivity index (χ1n) is 9.02. The first-order valence-corrected chi connectivity index (χ1v) is 10.5. The third-order valence-electron chi connectivity index (χ3n) is 4.93. The number of hydrogen-bond acceptors (Lipinski definition) is 5. The number of sulfonamides is 1. The van der Waals surface area contributed by atoms with Crippen molar-refractivity contribution in [3.8, 4) is 0 Å². The van der Waals surface area contributed by atoms with Crippen LogP contribution in [0.4, 0.5) is 5.69 Å². The van der Waals surface area contributed by atoms with E-state index in [9.17, 15) is 18.0 Å². The van der Waals surface area contributed by atoms with Crippen LogP contribution in [-0.2, 0) is 19.6 Å². The Morgan fingerprint density at radius 1 is 1.15 bits per heavy atom. The molecule has 2 heterocycles. The predicted molar refractivity (Wildman–Crippen MR) is 102 cm³/mol. The maximum Gasteiger partial charge on any atom is 0.243 e. The van der Waals surface area contributed by atoms with Crippen molar-refractivity contribution in [3.05, 3.63) is 31.2 Å². The molecule has 1 atom stereocenters. The summed E-state index contributed by atoms with van der Waals surface area (Å²) in [7, 11) is -2.03. The van der Waals surface area contributed by atoms with Gasteiger partial charge in [-0.1, -0.05) is 12.1 Å². The lowest BCUT2D eigenvalue weighted by Gasteiger charge is -2.34. The van der Waals surface area contributed by atoms with Crippen LogP contribution in [0.2, 0.25) is 0 Å². The predicted octanol–water partition coefficient (Wildman–Crippen LogP) is 0.0684. The summed E-state index contributed by atoms with van der Waals surface area (Å²) in [5, 5.41) is 0. The number of anilines is 1. The van der Waals surface area contributed by atoms with E-state index < -0.39 is 16.1 Å². The van der Waals surface area contributed by atoms with Crippen molar-refractivity contribution in [2.24, 2.45) is 0 Å². The van der Waals surface area contributed by atoms with Crippen molar-refractivity contribution in [1.82, 2.24) is 14.5 Å². The Balaban J connectivity index is 1.77. The van der Waals surface area contributed by atoms with Crippen LogP contribution in [0.15, 0.2) is 29.2 Å². The van der Waals surface area contributed by atoms with E-state index in [2.05, 4.69) is 16.5 Å². The summed E-state index contributed by atoms with van der Waals surface area (Å²) in [6.45, 7) is 6.76. The second-order valence-electron chi connectivity index (χ2n) is 6.92. The molecule has 1 N–H and O–H groups in total. The van der Waals surface area contributed by atoms with Crippen molar-refractivity contribution < 1.29 is 18.0 Å². The second-order valence-corrected chi connectivity index (χ2v) is 8.60. The maximum absolute atomic E-state index is 12.9. The molecule has 1 radical (unpaired) electrons. The van der Waals surface area contributed by atoms with Crippen LogP contribution >= 0.6 is 0 Å². The zero-order valence-electron chi connectivity index (χ0n) is 15.4. The Hall–Kier alpha value is -1.97. The van der Waals surface area contributed by atoms with E-state index in [0.717, 1.165) is 13.1 Å². The summed E-state index contributed by atoms with van der Waals surface area (Å²) in [5.74, 6) is -0.446. The summed E-state index contributed by atoms with van der Waals surface area (Å²) >= 11 is 0. The van der Waals surface area contributed by atoms with E-state index in [0.29, 0.717) is 38.2 Å². The molecule has 0 saturated carbocycles. The number of para-hydroxylation sites is 1. The molecule has 2 amide bonds. The van der Waals surface area contributed by atoms with E-state index in [-0.39, 0.29) is 16.7 Å². The molecule has 147 valence electrons. The van der Waals surface area contributed by atoms with Gasteiger partial charge in [-0.05, 0) is 32.5 Å². The van der Waals surface area contributed by atoms with Crippen LogP contribution < -0.4 is 9.62 Å². The first-order chi connectivity index (χ1) is 12.8. The zero-order valence-corrected chi connectivity index (χ0v) is 16.2. The Morgan fingerprint density at radius 3 is 2.44 bits per heavy atom. The Labute approximate surface area is 160 Å². The highest BCUT2D eigenvalue weighted by Gasteiger charge is 2.31. The van der Waals surface area contributed by atoms with Gasteiger partial charge in [-0.3, -0.25) is 9.59 Å². The summed E-state index contributed by atoms with van der Waals surface area (Å²) in [6.07, 6.45) is 1.10. The van der Waals surface area contributed by atoms with Gasteiger partial charge in [0.15, 0.2) is 0 Å². The number of rotatable bonds is 5. The number of nitrogens with zero attached hydrogens (tertiary/aromatic N) is 3. The average molecular weight is 393 g/mol. The van der Waals surface area contributed by atoms with E-state index >= 15 is 0 Å². The van der Waals surface area contributed by atoms with E-state index in [1.54, 1.807) is 23.1 Å². The summed E-state index contributed by atoms with van der Waals surface area (Å²) in [4.78, 5) is 29.8. The van der Waals surface area contributed by atoms with Crippen LogP contribution in [0.1, 0.15) is 12.8 Å². The van der Waals surface area contributed by atoms with Gasteiger partial charge in [0.2, 0.25) is 21.8 Å². The average Bonchev–Trinajstić information content (AvgIpc) is 3.07. The van der Waals surface area contributed by atoms with Crippen molar-refractivity contribution >= 4 is 27.5 Å². The minimum atomic E-state index is -4.01. The first kappa shape index (κ1) is 19.8. The summed E-state index contributed by atoms with van der Waals surface area (Å²) in [5.41, 5.74) is 0.340. The van der Waals surface area contributed by atoms with Crippen molar-refractivity contribution in [2.45, 2.75) is 23.8 Å². The molecule has 3 rings (SSSR count). The molecule has 2 aliphatic heterocycles. The highest BCUT2D eigenvalue weighted by Crippen LogP contribution is 2.28. The third kappa shape index (κ3) is 4.31. The molecule has 2 saturated heterocycles. The van der Waals surface area contributed by atoms with Gasteiger partial charge >= 0.3 is 0 Å². The number of carbonyl (C=O) groups is 2. The molecule has 0 aliphatic carbocycles. The number of nitrogens with one attached hydrogen (secondary N) is 1. The molecule has 0 aromatic heterocycles. The fraction of sp³-hybridized carbons (Fsp3) is 0.500. The normalized spacial score (nSPS) is 20.1. The summed E-state index contributed by atoms with van der Waals surface area (Å²) in [6, 6.07) is 5.21. The molecule has 9 heteroatoms. The Bertz CT molecular complexity index is 818. The quantitative estimate of drug-likeness (QED) is 0.765. The zero-order chi connectivity index (χ0) is 19.6. The van der Waals surface area contributed by atoms with Gasteiger partial charge in [0.25, 0.3) is 0 Å². The molecule has 2 fully saturated rings. The Morgan fingerprint density at radius 2 is 1.81 bits per heavy atom. The molecule has 8 nitrogen and oxygen atoms in total. The number of piperazine rings is 1. The monoisotopic (exact) mass is 393 g/mol. The minimum Gasteiger partial charge on any atom is -0.339 e. The lowest BCUT2D eigenvalue weighted by molar-refractivity contribution is -0.133. The minimum absolute atomic E-state index is 0.0138. The van der Waals surface area contributed by atoms with Crippen molar-refractivity contribution in [2.75, 3.05) is 44.7 Å². The lowest BCUT2D eigenvalue weighted by atomic mass is 10.2. The highest BCUT2D eigenvalue weighted by atomic mass is 32.2. The standard InChI is InChI=1S/C18H25N4O4S/c1-14(18(24)21-12-10-20(2)11-13-21)19-27(25,26)16-7-4-3-6-15(16)22-9-5-8-17(22)23/h3-4,6-7,14,19H,1,5,8-13H2,2H3/t14-/m0/s1. The number of amides is 2. The number of benzene rings is 1. The topological polar surface area (TPSA) is 90.0 Å². The highest BCUT2D eigenvalue weighted by molar-refractivity contribution is 7.89. The molecule has 0 unspecified atom stereocenters. The van der Waals surface area contributed by atoms with Gasteiger partial charge < -0.3 is 14.7 Å². The molecule has 0 spiro atoms. The van der Waals surface area contributed by atoms with Gasteiger partial charge in [0.1, 0.15) is 10.9 Å². The third-order valence-corrected chi connectivity index (χ3v) is 6.45. The van der Waals surface area contributed by atoms with Crippen LogP contribution in [-0.4, -0.2) is 75.8 Å². The van der Waals surface area contributed by atoms with Crippen molar-refractivity contribution in [1.29, 1.82) is 0 Å². The molecular weight excluding hydrogens is 368 g/mol. The molecular formula is C18H25N4O4S. The largest absolute Gasteiger partial charge is 0.339 e. The lowest BCUT2D eigenvalue weighted by Crippen LogP contribution is -2.53.